The molecule has 0 unspecified atom stereocenters. The molecule has 78 valence electrons. The fourth-order valence-corrected chi connectivity index (χ4v) is 1.12. The molecule has 0 atom stereocenters. The average molecular weight is 207 g/mol. The normalized spacial score (nSPS) is 12.2. The second-order valence-electron chi connectivity index (χ2n) is 2.59. The van der Waals surface area contributed by atoms with Crippen molar-refractivity contribution in [1.82, 2.24) is 4.90 Å². The van der Waals surface area contributed by atoms with Crippen LogP contribution in [0.4, 0.5) is 0 Å². The summed E-state index contributed by atoms with van der Waals surface area (Å²) in [5, 5.41) is 0. The van der Waals surface area contributed by atoms with Crippen molar-refractivity contribution >= 4 is 10.1 Å². The maximum atomic E-state index is 10.5. The Balaban J connectivity index is 3.75. The van der Waals surface area contributed by atoms with E-state index in [0.29, 0.717) is 0 Å². The van der Waals surface area contributed by atoms with E-state index in [4.69, 9.17) is 0 Å². The van der Waals surface area contributed by atoms with E-state index in [2.05, 4.69) is 4.18 Å². The van der Waals surface area contributed by atoms with Crippen LogP contribution in [0, 0.1) is 0 Å². The highest BCUT2D eigenvalue weighted by Crippen LogP contribution is 1.91. The standard InChI is InChI=1S/C8H17NO3S/c1-4-9(5-2)7-6-8-12-13(3,10)11/h6-7H,4-5,8H2,1-3H3. The summed E-state index contributed by atoms with van der Waals surface area (Å²) in [6.45, 7) is 5.99. The summed E-state index contributed by atoms with van der Waals surface area (Å²) in [5.41, 5.74) is 0. The van der Waals surface area contributed by atoms with Crippen LogP contribution in [0.1, 0.15) is 13.8 Å². The van der Waals surface area contributed by atoms with Crippen LogP contribution in [-0.2, 0) is 14.3 Å². The number of nitrogens with zero attached hydrogens (tertiary/aromatic N) is 1. The highest BCUT2D eigenvalue weighted by atomic mass is 32.2. The molecule has 0 saturated heterocycles. The maximum absolute atomic E-state index is 10.5. The second-order valence-corrected chi connectivity index (χ2v) is 4.24. The lowest BCUT2D eigenvalue weighted by Gasteiger charge is -2.14. The highest BCUT2D eigenvalue weighted by molar-refractivity contribution is 7.85. The van der Waals surface area contributed by atoms with E-state index in [-0.39, 0.29) is 6.61 Å². The zero-order valence-electron chi connectivity index (χ0n) is 8.36. The lowest BCUT2D eigenvalue weighted by molar-refractivity contribution is 0.355. The minimum atomic E-state index is -3.31. The van der Waals surface area contributed by atoms with Gasteiger partial charge in [0.05, 0.1) is 12.9 Å². The number of hydrogen-bond donors (Lipinski definition) is 0. The van der Waals surface area contributed by atoms with E-state index >= 15 is 0 Å². The van der Waals surface area contributed by atoms with Gasteiger partial charge in [0.1, 0.15) is 0 Å². The van der Waals surface area contributed by atoms with Crippen LogP contribution in [0.3, 0.4) is 0 Å². The smallest absolute Gasteiger partial charge is 0.264 e. The minimum Gasteiger partial charge on any atom is -0.378 e. The van der Waals surface area contributed by atoms with Crippen molar-refractivity contribution in [3.05, 3.63) is 12.3 Å². The molecule has 0 heterocycles. The van der Waals surface area contributed by atoms with E-state index in [0.717, 1.165) is 19.3 Å². The Kier molecular flexibility index (Phi) is 5.73. The van der Waals surface area contributed by atoms with Gasteiger partial charge < -0.3 is 4.90 Å². The Hall–Kier alpha value is -0.550. The maximum Gasteiger partial charge on any atom is 0.264 e. The molecule has 0 N–H and O–H groups in total. The van der Waals surface area contributed by atoms with Crippen molar-refractivity contribution < 1.29 is 12.6 Å². The first-order valence-electron chi connectivity index (χ1n) is 4.24. The van der Waals surface area contributed by atoms with Crippen LogP contribution in [0.25, 0.3) is 0 Å². The molecule has 0 aliphatic heterocycles. The molecule has 0 aromatic carbocycles. The summed E-state index contributed by atoms with van der Waals surface area (Å²) in [4.78, 5) is 2.05. The van der Waals surface area contributed by atoms with Gasteiger partial charge in [0, 0.05) is 13.1 Å². The molecular formula is C8H17NO3S. The number of hydrogen-bond acceptors (Lipinski definition) is 4. The molecule has 0 aliphatic carbocycles. The highest BCUT2D eigenvalue weighted by Gasteiger charge is 1.97. The molecule has 0 spiro atoms. The van der Waals surface area contributed by atoms with Crippen molar-refractivity contribution in [2.75, 3.05) is 26.0 Å². The molecule has 0 aromatic heterocycles. The van der Waals surface area contributed by atoms with E-state index < -0.39 is 10.1 Å². The molecule has 0 amide bonds. The molecule has 0 fully saturated rings. The van der Waals surface area contributed by atoms with E-state index in [1.807, 2.05) is 24.9 Å². The molecule has 0 aliphatic rings. The largest absolute Gasteiger partial charge is 0.378 e. The van der Waals surface area contributed by atoms with E-state index in [1.165, 1.54) is 0 Å². The van der Waals surface area contributed by atoms with Crippen molar-refractivity contribution in [2.24, 2.45) is 0 Å². The van der Waals surface area contributed by atoms with Crippen LogP contribution >= 0.6 is 0 Å². The molecule has 0 saturated carbocycles. The lowest BCUT2D eigenvalue weighted by Crippen LogP contribution is -2.15. The van der Waals surface area contributed by atoms with E-state index in [9.17, 15) is 8.42 Å². The Morgan fingerprint density at radius 2 is 1.85 bits per heavy atom. The molecule has 0 rings (SSSR count). The molecular weight excluding hydrogens is 190 g/mol. The zero-order chi connectivity index (χ0) is 10.3. The topological polar surface area (TPSA) is 46.6 Å². The molecule has 0 radical (unpaired) electrons. The summed E-state index contributed by atoms with van der Waals surface area (Å²) in [6.07, 6.45) is 4.57. The molecule has 4 nitrogen and oxygen atoms in total. The van der Waals surface area contributed by atoms with Crippen molar-refractivity contribution in [1.29, 1.82) is 0 Å². The molecule has 13 heavy (non-hydrogen) atoms. The number of rotatable bonds is 6. The summed E-state index contributed by atoms with van der Waals surface area (Å²) in [7, 11) is -3.31. The van der Waals surface area contributed by atoms with Crippen molar-refractivity contribution in [2.45, 2.75) is 13.8 Å². The first-order chi connectivity index (χ1) is 5.99. The van der Waals surface area contributed by atoms with Gasteiger partial charge in [-0.3, -0.25) is 4.18 Å². The van der Waals surface area contributed by atoms with Gasteiger partial charge in [-0.05, 0) is 26.1 Å². The van der Waals surface area contributed by atoms with Gasteiger partial charge in [0.15, 0.2) is 0 Å². The minimum absolute atomic E-state index is 0.106. The van der Waals surface area contributed by atoms with Crippen LogP contribution < -0.4 is 0 Å². The zero-order valence-corrected chi connectivity index (χ0v) is 9.17. The Morgan fingerprint density at radius 3 is 2.23 bits per heavy atom. The van der Waals surface area contributed by atoms with Gasteiger partial charge in [-0.2, -0.15) is 8.42 Å². The molecule has 5 heteroatoms. The third-order valence-electron chi connectivity index (χ3n) is 1.51. The van der Waals surface area contributed by atoms with Crippen molar-refractivity contribution in [3.63, 3.8) is 0 Å². The Morgan fingerprint density at radius 1 is 1.31 bits per heavy atom. The van der Waals surface area contributed by atoms with Gasteiger partial charge in [-0.25, -0.2) is 0 Å². The first kappa shape index (κ1) is 12.4. The monoisotopic (exact) mass is 207 g/mol. The first-order valence-corrected chi connectivity index (χ1v) is 6.06. The average Bonchev–Trinajstić information content (AvgIpc) is 2.03. The Bertz CT molecular complexity index is 242. The van der Waals surface area contributed by atoms with Crippen LogP contribution in [0.15, 0.2) is 12.3 Å². The quantitative estimate of drug-likeness (QED) is 0.605. The van der Waals surface area contributed by atoms with Crippen LogP contribution in [-0.4, -0.2) is 39.3 Å². The third kappa shape index (κ3) is 7.80. The van der Waals surface area contributed by atoms with Crippen LogP contribution in [0.5, 0.6) is 0 Å². The SMILES string of the molecule is CCN(C=CCOS(C)(=O)=O)CC. The van der Waals surface area contributed by atoms with Gasteiger partial charge in [0.25, 0.3) is 10.1 Å². The van der Waals surface area contributed by atoms with Gasteiger partial charge in [-0.1, -0.05) is 0 Å². The van der Waals surface area contributed by atoms with Gasteiger partial charge in [-0.15, -0.1) is 0 Å². The molecule has 0 aromatic rings. The third-order valence-corrected chi connectivity index (χ3v) is 2.07. The summed E-state index contributed by atoms with van der Waals surface area (Å²) in [5.74, 6) is 0. The summed E-state index contributed by atoms with van der Waals surface area (Å²) < 4.78 is 25.6. The van der Waals surface area contributed by atoms with Gasteiger partial charge in [0.2, 0.25) is 0 Å². The Labute approximate surface area is 80.3 Å². The second kappa shape index (κ2) is 5.99. The summed E-state index contributed by atoms with van der Waals surface area (Å²) >= 11 is 0. The summed E-state index contributed by atoms with van der Waals surface area (Å²) in [6, 6.07) is 0. The van der Waals surface area contributed by atoms with Gasteiger partial charge >= 0.3 is 0 Å². The fourth-order valence-electron chi connectivity index (χ4n) is 0.789. The van der Waals surface area contributed by atoms with Crippen LogP contribution in [0.2, 0.25) is 0 Å². The lowest BCUT2D eigenvalue weighted by atomic mass is 10.5. The van der Waals surface area contributed by atoms with E-state index in [1.54, 1.807) is 6.08 Å². The predicted octanol–water partition coefficient (Wildman–Crippen LogP) is 0.818. The van der Waals surface area contributed by atoms with Crippen molar-refractivity contribution in [3.8, 4) is 0 Å². The predicted molar refractivity (Wildman–Crippen MR) is 52.9 cm³/mol. The molecule has 0 bridgehead atoms. The fraction of sp³-hybridized carbons (Fsp3) is 0.750.